The molecule has 110 valence electrons. The van der Waals surface area contributed by atoms with Gasteiger partial charge in [-0.3, -0.25) is 0 Å². The molecule has 3 heteroatoms. The second kappa shape index (κ2) is 4.06. The molecule has 3 N–H and O–H groups in total. The molecule has 0 spiro atoms. The lowest BCUT2D eigenvalue weighted by atomic mass is 9.72. The maximum Gasteiger partial charge on any atom is 0.0974 e. The molecule has 2 aliphatic rings. The van der Waals surface area contributed by atoms with Crippen molar-refractivity contribution in [2.45, 2.75) is 63.4 Å². The van der Waals surface area contributed by atoms with Gasteiger partial charge in [0.2, 0.25) is 0 Å². The van der Waals surface area contributed by atoms with E-state index in [2.05, 4.69) is 27.7 Å². The first-order valence-corrected chi connectivity index (χ1v) is 7.43. The molecule has 0 bridgehead atoms. The van der Waals surface area contributed by atoms with Crippen molar-refractivity contribution in [3.8, 4) is 0 Å². The van der Waals surface area contributed by atoms with Crippen LogP contribution in [-0.2, 0) is 10.3 Å². The lowest BCUT2D eigenvalue weighted by Crippen LogP contribution is -2.43. The van der Waals surface area contributed by atoms with E-state index in [-0.39, 0.29) is 23.2 Å². The third-order valence-corrected chi connectivity index (χ3v) is 5.01. The van der Waals surface area contributed by atoms with Crippen LogP contribution >= 0.6 is 0 Å². The number of hydrogen-bond donors (Lipinski definition) is 2. The summed E-state index contributed by atoms with van der Waals surface area (Å²) in [5.74, 6) is 0.0553. The molecule has 0 aromatic heterocycles. The van der Waals surface area contributed by atoms with Gasteiger partial charge in [0.15, 0.2) is 0 Å². The predicted molar refractivity (Wildman–Crippen MR) is 79.2 cm³/mol. The lowest BCUT2D eigenvalue weighted by molar-refractivity contribution is -0.117. The fraction of sp³-hybridized carbons (Fsp3) is 0.647. The van der Waals surface area contributed by atoms with Gasteiger partial charge in [0, 0.05) is 12.0 Å². The third kappa shape index (κ3) is 1.92. The van der Waals surface area contributed by atoms with Crippen LogP contribution in [0.15, 0.2) is 24.3 Å². The van der Waals surface area contributed by atoms with Gasteiger partial charge in [0.05, 0.1) is 16.8 Å². The molecule has 1 fully saturated rings. The molecule has 0 amide bonds. The highest BCUT2D eigenvalue weighted by atomic mass is 16.5. The number of benzene rings is 1. The average Bonchev–Trinajstić information content (AvgIpc) is 2.72. The molecular formula is C17H25NO2. The molecular weight excluding hydrogens is 250 g/mol. The Morgan fingerprint density at radius 2 is 1.80 bits per heavy atom. The van der Waals surface area contributed by atoms with E-state index in [0.717, 1.165) is 17.5 Å². The van der Waals surface area contributed by atoms with Crippen LogP contribution in [0.2, 0.25) is 0 Å². The van der Waals surface area contributed by atoms with E-state index in [4.69, 9.17) is 10.5 Å². The molecule has 1 heterocycles. The SMILES string of the molecule is CC1(C)CC(C2(O)CC(N)c3ccccc32)C(C)(C)O1. The Bertz CT molecular complexity index is 538. The Morgan fingerprint density at radius 3 is 2.40 bits per heavy atom. The number of rotatable bonds is 1. The molecule has 1 saturated heterocycles. The van der Waals surface area contributed by atoms with Crippen LogP contribution in [0, 0.1) is 5.92 Å². The van der Waals surface area contributed by atoms with Crippen molar-refractivity contribution in [2.75, 3.05) is 0 Å². The van der Waals surface area contributed by atoms with Crippen molar-refractivity contribution in [1.29, 1.82) is 0 Å². The Balaban J connectivity index is 2.07. The molecule has 1 aliphatic carbocycles. The summed E-state index contributed by atoms with van der Waals surface area (Å²) in [6, 6.07) is 7.94. The van der Waals surface area contributed by atoms with Gasteiger partial charge in [0.25, 0.3) is 0 Å². The van der Waals surface area contributed by atoms with Crippen molar-refractivity contribution >= 4 is 0 Å². The largest absolute Gasteiger partial charge is 0.385 e. The zero-order chi connectivity index (χ0) is 14.8. The van der Waals surface area contributed by atoms with E-state index in [1.165, 1.54) is 0 Å². The minimum absolute atomic E-state index is 0.0553. The van der Waals surface area contributed by atoms with Crippen LogP contribution in [0.5, 0.6) is 0 Å². The monoisotopic (exact) mass is 275 g/mol. The molecule has 3 atom stereocenters. The van der Waals surface area contributed by atoms with E-state index in [1.54, 1.807) is 0 Å². The second-order valence-electron chi connectivity index (χ2n) is 7.54. The molecule has 1 aromatic rings. The number of nitrogens with two attached hydrogens (primary N) is 1. The van der Waals surface area contributed by atoms with Gasteiger partial charge in [-0.2, -0.15) is 0 Å². The summed E-state index contributed by atoms with van der Waals surface area (Å²) in [5, 5.41) is 11.4. The lowest BCUT2D eigenvalue weighted by Gasteiger charge is -2.38. The molecule has 1 aliphatic heterocycles. The van der Waals surface area contributed by atoms with Crippen LogP contribution in [0.4, 0.5) is 0 Å². The highest BCUT2D eigenvalue weighted by Gasteiger charge is 2.58. The Labute approximate surface area is 121 Å². The van der Waals surface area contributed by atoms with Crippen molar-refractivity contribution in [2.24, 2.45) is 11.7 Å². The molecule has 20 heavy (non-hydrogen) atoms. The van der Waals surface area contributed by atoms with Crippen LogP contribution in [0.1, 0.15) is 57.7 Å². The summed E-state index contributed by atoms with van der Waals surface area (Å²) in [5.41, 5.74) is 6.88. The van der Waals surface area contributed by atoms with Gasteiger partial charge < -0.3 is 15.6 Å². The summed E-state index contributed by atoms with van der Waals surface area (Å²) in [6.07, 6.45) is 1.43. The Kier molecular flexibility index (Phi) is 2.85. The van der Waals surface area contributed by atoms with Gasteiger partial charge in [-0.1, -0.05) is 24.3 Å². The quantitative estimate of drug-likeness (QED) is 0.828. The van der Waals surface area contributed by atoms with E-state index in [9.17, 15) is 5.11 Å². The number of hydrogen-bond acceptors (Lipinski definition) is 3. The maximum atomic E-state index is 11.4. The van der Waals surface area contributed by atoms with E-state index >= 15 is 0 Å². The zero-order valence-corrected chi connectivity index (χ0v) is 12.8. The van der Waals surface area contributed by atoms with Crippen molar-refractivity contribution < 1.29 is 9.84 Å². The molecule has 0 radical (unpaired) electrons. The van der Waals surface area contributed by atoms with Crippen molar-refractivity contribution in [3.05, 3.63) is 35.4 Å². The minimum Gasteiger partial charge on any atom is -0.385 e. The maximum absolute atomic E-state index is 11.4. The minimum atomic E-state index is -0.882. The van der Waals surface area contributed by atoms with Crippen molar-refractivity contribution in [1.82, 2.24) is 0 Å². The predicted octanol–water partition coefficient (Wildman–Crippen LogP) is 2.87. The zero-order valence-electron chi connectivity index (χ0n) is 12.8. The first kappa shape index (κ1) is 14.1. The van der Waals surface area contributed by atoms with Crippen LogP contribution < -0.4 is 5.73 Å². The fourth-order valence-electron chi connectivity index (χ4n) is 4.41. The first-order chi connectivity index (χ1) is 9.16. The number of aliphatic hydroxyl groups is 1. The first-order valence-electron chi connectivity index (χ1n) is 7.43. The Hall–Kier alpha value is -0.900. The van der Waals surface area contributed by atoms with E-state index in [1.807, 2.05) is 24.3 Å². The molecule has 3 unspecified atom stereocenters. The topological polar surface area (TPSA) is 55.5 Å². The highest BCUT2D eigenvalue weighted by Crippen LogP contribution is 2.56. The van der Waals surface area contributed by atoms with E-state index in [0.29, 0.717) is 6.42 Å². The standard InChI is InChI=1S/C17H25NO2/c1-15(2)10-14(16(3,4)20-15)17(19)9-13(18)11-7-5-6-8-12(11)17/h5-8,13-14,19H,9-10,18H2,1-4H3. The Morgan fingerprint density at radius 1 is 1.15 bits per heavy atom. The van der Waals surface area contributed by atoms with Gasteiger partial charge in [0.1, 0.15) is 0 Å². The van der Waals surface area contributed by atoms with Crippen LogP contribution in [0.25, 0.3) is 0 Å². The smallest absolute Gasteiger partial charge is 0.0974 e. The third-order valence-electron chi connectivity index (χ3n) is 5.01. The number of ether oxygens (including phenoxy) is 1. The average molecular weight is 275 g/mol. The summed E-state index contributed by atoms with van der Waals surface area (Å²) in [4.78, 5) is 0. The molecule has 1 aromatic carbocycles. The summed E-state index contributed by atoms with van der Waals surface area (Å²) in [6.45, 7) is 8.35. The normalized spacial score (nSPS) is 37.9. The fourth-order valence-corrected chi connectivity index (χ4v) is 4.41. The molecule has 3 rings (SSSR count). The summed E-state index contributed by atoms with van der Waals surface area (Å²) < 4.78 is 6.18. The highest BCUT2D eigenvalue weighted by molar-refractivity contribution is 5.41. The van der Waals surface area contributed by atoms with E-state index < -0.39 is 5.60 Å². The molecule has 0 saturated carbocycles. The van der Waals surface area contributed by atoms with Crippen LogP contribution in [-0.4, -0.2) is 16.3 Å². The van der Waals surface area contributed by atoms with Gasteiger partial charge in [-0.25, -0.2) is 0 Å². The second-order valence-corrected chi connectivity index (χ2v) is 7.54. The van der Waals surface area contributed by atoms with Gasteiger partial charge in [-0.15, -0.1) is 0 Å². The molecule has 3 nitrogen and oxygen atoms in total. The van der Waals surface area contributed by atoms with Crippen LogP contribution in [0.3, 0.4) is 0 Å². The summed E-state index contributed by atoms with van der Waals surface area (Å²) in [7, 11) is 0. The number of fused-ring (bicyclic) bond motifs is 1. The van der Waals surface area contributed by atoms with Gasteiger partial charge >= 0.3 is 0 Å². The van der Waals surface area contributed by atoms with Crippen molar-refractivity contribution in [3.63, 3.8) is 0 Å². The van der Waals surface area contributed by atoms with Gasteiger partial charge in [-0.05, 0) is 51.7 Å². The summed E-state index contributed by atoms with van der Waals surface area (Å²) >= 11 is 0.